The molecule has 1 N–H and O–H groups in total. The van der Waals surface area contributed by atoms with Gasteiger partial charge in [0.2, 0.25) is 5.67 Å². The van der Waals surface area contributed by atoms with Gasteiger partial charge in [-0.05, 0) is 31.2 Å². The summed E-state index contributed by atoms with van der Waals surface area (Å²) in [5, 5.41) is 8.85. The second kappa shape index (κ2) is 6.11. The van der Waals surface area contributed by atoms with Crippen LogP contribution in [0.25, 0.3) is 0 Å². The Labute approximate surface area is 122 Å². The summed E-state index contributed by atoms with van der Waals surface area (Å²) >= 11 is 0. The maximum atomic E-state index is 14.4. The highest BCUT2D eigenvalue weighted by atomic mass is 19.1. The molecule has 0 aromatic heterocycles. The van der Waals surface area contributed by atoms with Gasteiger partial charge in [-0.25, -0.2) is 14.0 Å². The first-order chi connectivity index (χ1) is 9.96. The first-order valence-electron chi connectivity index (χ1n) is 6.91. The van der Waals surface area contributed by atoms with Gasteiger partial charge in [-0.2, -0.15) is 0 Å². The number of rotatable bonds is 4. The van der Waals surface area contributed by atoms with E-state index in [-0.39, 0.29) is 25.0 Å². The number of carboxylic acids is 1. The minimum atomic E-state index is -1.91. The number of alkyl halides is 1. The van der Waals surface area contributed by atoms with Crippen LogP contribution in [0.4, 0.5) is 10.1 Å². The van der Waals surface area contributed by atoms with Gasteiger partial charge in [-0.3, -0.25) is 0 Å². The van der Waals surface area contributed by atoms with E-state index in [4.69, 9.17) is 9.84 Å². The van der Waals surface area contributed by atoms with Crippen LogP contribution in [0.5, 0.6) is 0 Å². The van der Waals surface area contributed by atoms with Gasteiger partial charge in [0.25, 0.3) is 0 Å². The maximum absolute atomic E-state index is 14.4. The molecule has 0 aliphatic carbocycles. The molecule has 1 aliphatic rings. The Morgan fingerprint density at radius 2 is 1.86 bits per heavy atom. The number of benzene rings is 1. The zero-order chi connectivity index (χ0) is 15.5. The van der Waals surface area contributed by atoms with Crippen LogP contribution >= 0.6 is 0 Å². The lowest BCUT2D eigenvalue weighted by atomic mass is 9.93. The first kappa shape index (κ1) is 15.3. The van der Waals surface area contributed by atoms with Crippen molar-refractivity contribution >= 4 is 17.6 Å². The molecule has 21 heavy (non-hydrogen) atoms. The zero-order valence-electron chi connectivity index (χ0n) is 11.8. The van der Waals surface area contributed by atoms with E-state index in [1.807, 2.05) is 4.90 Å². The maximum Gasteiger partial charge on any atom is 0.344 e. The molecule has 0 spiro atoms. The van der Waals surface area contributed by atoms with Crippen LogP contribution in [0.15, 0.2) is 24.3 Å². The zero-order valence-corrected chi connectivity index (χ0v) is 11.8. The highest BCUT2D eigenvalue weighted by Crippen LogP contribution is 2.30. The van der Waals surface area contributed by atoms with E-state index in [1.165, 1.54) is 12.1 Å². The second-order valence-corrected chi connectivity index (χ2v) is 5.02. The van der Waals surface area contributed by atoms with Gasteiger partial charge in [0.05, 0.1) is 12.2 Å². The number of nitrogens with zero attached hydrogens (tertiary/aromatic N) is 1. The molecule has 1 aliphatic heterocycles. The van der Waals surface area contributed by atoms with Gasteiger partial charge in [0.1, 0.15) is 0 Å². The topological polar surface area (TPSA) is 66.8 Å². The fourth-order valence-corrected chi connectivity index (χ4v) is 2.40. The average molecular weight is 295 g/mol. The highest BCUT2D eigenvalue weighted by Gasteiger charge is 2.43. The van der Waals surface area contributed by atoms with Crippen LogP contribution in [0.1, 0.15) is 30.1 Å². The van der Waals surface area contributed by atoms with E-state index in [0.717, 1.165) is 5.69 Å². The lowest BCUT2D eigenvalue weighted by molar-refractivity contribution is -0.158. The predicted octanol–water partition coefficient (Wildman–Crippen LogP) is 2.26. The van der Waals surface area contributed by atoms with Crippen LogP contribution in [0.2, 0.25) is 0 Å². The number of hydrogen-bond acceptors (Lipinski definition) is 4. The molecular formula is C15H18FNO4. The monoisotopic (exact) mass is 295 g/mol. The third kappa shape index (κ3) is 3.32. The summed E-state index contributed by atoms with van der Waals surface area (Å²) in [4.78, 5) is 24.3. The van der Waals surface area contributed by atoms with E-state index in [1.54, 1.807) is 19.1 Å². The molecule has 0 unspecified atom stereocenters. The molecule has 0 saturated carbocycles. The van der Waals surface area contributed by atoms with Crippen LogP contribution < -0.4 is 4.90 Å². The number of ether oxygens (including phenoxy) is 1. The Balaban J connectivity index is 2.00. The molecule has 114 valence electrons. The third-order valence-corrected chi connectivity index (χ3v) is 3.68. The van der Waals surface area contributed by atoms with E-state index in [2.05, 4.69) is 0 Å². The third-order valence-electron chi connectivity index (χ3n) is 3.68. The van der Waals surface area contributed by atoms with Gasteiger partial charge in [-0.1, -0.05) is 0 Å². The van der Waals surface area contributed by atoms with Gasteiger partial charge in [-0.15, -0.1) is 0 Å². The van der Waals surface area contributed by atoms with E-state index >= 15 is 0 Å². The van der Waals surface area contributed by atoms with Crippen LogP contribution in [-0.4, -0.2) is 42.4 Å². The molecule has 6 heteroatoms. The normalized spacial score (nSPS) is 17.3. The van der Waals surface area contributed by atoms with Crippen LogP contribution in [-0.2, 0) is 9.53 Å². The van der Waals surface area contributed by atoms with Crippen LogP contribution in [0, 0.1) is 0 Å². The number of hydrogen-bond donors (Lipinski definition) is 1. The van der Waals surface area contributed by atoms with Crippen molar-refractivity contribution in [1.29, 1.82) is 0 Å². The van der Waals surface area contributed by atoms with Crippen molar-refractivity contribution in [3.8, 4) is 0 Å². The molecular weight excluding hydrogens is 277 g/mol. The summed E-state index contributed by atoms with van der Waals surface area (Å²) < 4.78 is 19.2. The lowest BCUT2D eigenvalue weighted by Crippen LogP contribution is -2.47. The molecule has 1 saturated heterocycles. The number of esters is 1. The number of halogens is 1. The minimum absolute atomic E-state index is 0.0759. The SMILES string of the molecule is CCOC(=O)C1(F)CCN(c2ccc(C(=O)O)cc2)CC1. The molecule has 2 rings (SSSR count). The number of carbonyl (C=O) groups is 2. The van der Waals surface area contributed by atoms with Gasteiger partial charge < -0.3 is 14.7 Å². The first-order valence-corrected chi connectivity index (χ1v) is 6.91. The Morgan fingerprint density at radius 3 is 2.33 bits per heavy atom. The fraction of sp³-hybridized carbons (Fsp3) is 0.467. The molecule has 0 amide bonds. The van der Waals surface area contributed by atoms with Crippen molar-refractivity contribution in [2.75, 3.05) is 24.6 Å². The summed E-state index contributed by atoms with van der Waals surface area (Å²) in [6, 6.07) is 6.42. The molecule has 1 fully saturated rings. The summed E-state index contributed by atoms with van der Waals surface area (Å²) in [6.07, 6.45) is 0.152. The molecule has 5 nitrogen and oxygen atoms in total. The molecule has 1 aromatic carbocycles. The summed E-state index contributed by atoms with van der Waals surface area (Å²) in [7, 11) is 0. The standard InChI is InChI=1S/C15H18FNO4/c1-2-21-14(20)15(16)7-9-17(10-8-15)12-5-3-11(4-6-12)13(18)19/h3-6H,2,7-10H2,1H3,(H,18,19). The number of carbonyl (C=O) groups excluding carboxylic acids is 1. The van der Waals surface area contributed by atoms with Crippen molar-refractivity contribution in [1.82, 2.24) is 0 Å². The lowest BCUT2D eigenvalue weighted by Gasteiger charge is -2.36. The Morgan fingerprint density at radius 1 is 1.29 bits per heavy atom. The Kier molecular flexibility index (Phi) is 4.45. The van der Waals surface area contributed by atoms with Crippen molar-refractivity contribution in [2.45, 2.75) is 25.4 Å². The Bertz CT molecular complexity index is 521. The van der Waals surface area contributed by atoms with Gasteiger partial charge in [0.15, 0.2) is 0 Å². The summed E-state index contributed by atoms with van der Waals surface area (Å²) in [6.45, 7) is 2.61. The van der Waals surface area contributed by atoms with Gasteiger partial charge >= 0.3 is 11.9 Å². The summed E-state index contributed by atoms with van der Waals surface area (Å²) in [5.41, 5.74) is -0.874. The quantitative estimate of drug-likeness (QED) is 0.863. The van der Waals surface area contributed by atoms with Crippen LogP contribution in [0.3, 0.4) is 0 Å². The van der Waals surface area contributed by atoms with Crippen molar-refractivity contribution in [3.63, 3.8) is 0 Å². The number of piperidine rings is 1. The van der Waals surface area contributed by atoms with Crippen molar-refractivity contribution < 1.29 is 23.8 Å². The smallest absolute Gasteiger partial charge is 0.344 e. The van der Waals surface area contributed by atoms with Crippen molar-refractivity contribution in [2.24, 2.45) is 0 Å². The molecule has 0 radical (unpaired) electrons. The van der Waals surface area contributed by atoms with E-state index in [9.17, 15) is 14.0 Å². The van der Waals surface area contributed by atoms with E-state index < -0.39 is 17.6 Å². The second-order valence-electron chi connectivity index (χ2n) is 5.02. The van der Waals surface area contributed by atoms with Gasteiger partial charge in [0, 0.05) is 31.6 Å². The highest BCUT2D eigenvalue weighted by molar-refractivity contribution is 5.88. The number of carboxylic acid groups (broad SMARTS) is 1. The summed E-state index contributed by atoms with van der Waals surface area (Å²) in [5.74, 6) is -1.77. The fourth-order valence-electron chi connectivity index (χ4n) is 2.40. The molecule has 0 bridgehead atoms. The van der Waals surface area contributed by atoms with Crippen molar-refractivity contribution in [3.05, 3.63) is 29.8 Å². The Hall–Kier alpha value is -2.11. The molecule has 1 heterocycles. The molecule has 0 atom stereocenters. The largest absolute Gasteiger partial charge is 0.478 e. The number of anilines is 1. The molecule has 1 aromatic rings. The predicted molar refractivity (Wildman–Crippen MR) is 75.3 cm³/mol. The average Bonchev–Trinajstić information content (AvgIpc) is 2.48. The minimum Gasteiger partial charge on any atom is -0.478 e. The number of aromatic carboxylic acids is 1. The van der Waals surface area contributed by atoms with E-state index in [0.29, 0.717) is 13.1 Å².